The highest BCUT2D eigenvalue weighted by atomic mass is 32.2. The van der Waals surface area contributed by atoms with Crippen molar-refractivity contribution in [3.63, 3.8) is 0 Å². The van der Waals surface area contributed by atoms with Crippen molar-refractivity contribution in [1.82, 2.24) is 4.90 Å². The van der Waals surface area contributed by atoms with Crippen molar-refractivity contribution in [3.05, 3.63) is 62.5 Å². The van der Waals surface area contributed by atoms with E-state index < -0.39 is 22.4 Å². The van der Waals surface area contributed by atoms with Crippen molar-refractivity contribution in [2.24, 2.45) is 0 Å². The summed E-state index contributed by atoms with van der Waals surface area (Å²) in [7, 11) is 0. The standard InChI is InChI=1S/C21H17F3N2O5S2/c1-3-25-19(27)18(33-20(25)32)10-12-5-7-16(17(9-12)30-4-2)31-15-8-6-13(21(22,23)24)11-14(15)26(28)29/h5-11H,3-4H2,1-2H3/b18-10-. The molecule has 0 aromatic heterocycles. The highest BCUT2D eigenvalue weighted by molar-refractivity contribution is 8.26. The van der Waals surface area contributed by atoms with Gasteiger partial charge in [0.15, 0.2) is 11.5 Å². The number of nitrogens with zero attached hydrogens (tertiary/aromatic N) is 2. The van der Waals surface area contributed by atoms with Gasteiger partial charge in [-0.25, -0.2) is 0 Å². The van der Waals surface area contributed by atoms with Crippen LogP contribution in [0.5, 0.6) is 17.2 Å². The minimum absolute atomic E-state index is 0.0676. The molecule has 0 aliphatic carbocycles. The predicted octanol–water partition coefficient (Wildman–Crippen LogP) is 6.03. The molecule has 12 heteroatoms. The fraction of sp³-hybridized carbons (Fsp3) is 0.238. The number of likely N-dealkylation sites (N-methyl/N-ethyl adjacent to an activating group) is 1. The van der Waals surface area contributed by atoms with E-state index in [4.69, 9.17) is 21.7 Å². The number of alkyl halides is 3. The Morgan fingerprint density at radius 3 is 2.42 bits per heavy atom. The zero-order valence-corrected chi connectivity index (χ0v) is 19.0. The van der Waals surface area contributed by atoms with Gasteiger partial charge in [0, 0.05) is 12.6 Å². The van der Waals surface area contributed by atoms with Gasteiger partial charge >= 0.3 is 11.9 Å². The lowest BCUT2D eigenvalue weighted by molar-refractivity contribution is -0.385. The molecule has 174 valence electrons. The van der Waals surface area contributed by atoms with E-state index in [9.17, 15) is 28.1 Å². The Kier molecular flexibility index (Phi) is 7.28. The van der Waals surface area contributed by atoms with Crippen LogP contribution in [-0.4, -0.2) is 33.2 Å². The number of rotatable bonds is 7. The fourth-order valence-electron chi connectivity index (χ4n) is 2.93. The molecule has 1 heterocycles. The van der Waals surface area contributed by atoms with Gasteiger partial charge in [0.25, 0.3) is 5.91 Å². The van der Waals surface area contributed by atoms with Crippen LogP contribution in [0.3, 0.4) is 0 Å². The molecule has 1 aliphatic heterocycles. The molecular formula is C21H17F3N2O5S2. The van der Waals surface area contributed by atoms with Gasteiger partial charge in [-0.2, -0.15) is 13.2 Å². The van der Waals surface area contributed by atoms with Crippen molar-refractivity contribution in [3.8, 4) is 17.2 Å². The summed E-state index contributed by atoms with van der Waals surface area (Å²) >= 11 is 6.36. The Morgan fingerprint density at radius 2 is 1.85 bits per heavy atom. The first-order valence-electron chi connectivity index (χ1n) is 9.60. The molecule has 1 amide bonds. The van der Waals surface area contributed by atoms with Gasteiger partial charge in [0.1, 0.15) is 4.32 Å². The highest BCUT2D eigenvalue weighted by Crippen LogP contribution is 2.41. The maximum Gasteiger partial charge on any atom is 0.416 e. The Hall–Kier alpha value is -3.12. The normalized spacial score (nSPS) is 15.3. The summed E-state index contributed by atoms with van der Waals surface area (Å²) in [4.78, 5) is 24.7. The van der Waals surface area contributed by atoms with E-state index in [1.807, 2.05) is 6.92 Å². The average molecular weight is 499 g/mol. The Balaban J connectivity index is 1.95. The van der Waals surface area contributed by atoms with Gasteiger partial charge in [-0.15, -0.1) is 0 Å². The number of amides is 1. The molecule has 2 aromatic carbocycles. The highest BCUT2D eigenvalue weighted by Gasteiger charge is 2.34. The Bertz CT molecular complexity index is 1150. The van der Waals surface area contributed by atoms with Crippen LogP contribution in [0.1, 0.15) is 25.0 Å². The van der Waals surface area contributed by atoms with Crippen LogP contribution in [0.15, 0.2) is 41.3 Å². The van der Waals surface area contributed by atoms with Crippen molar-refractivity contribution >= 4 is 46.0 Å². The van der Waals surface area contributed by atoms with Crippen molar-refractivity contribution in [1.29, 1.82) is 0 Å². The summed E-state index contributed by atoms with van der Waals surface area (Å²) in [6.07, 6.45) is -3.11. The Morgan fingerprint density at radius 1 is 1.15 bits per heavy atom. The van der Waals surface area contributed by atoms with Gasteiger partial charge in [0.05, 0.1) is 22.0 Å². The van der Waals surface area contributed by atoms with Gasteiger partial charge in [-0.3, -0.25) is 19.8 Å². The lowest BCUT2D eigenvalue weighted by atomic mass is 10.1. The summed E-state index contributed by atoms with van der Waals surface area (Å²) in [6, 6.07) is 6.62. The van der Waals surface area contributed by atoms with E-state index in [1.165, 1.54) is 22.7 Å². The van der Waals surface area contributed by atoms with Crippen molar-refractivity contribution in [2.75, 3.05) is 13.2 Å². The SMILES string of the molecule is CCOc1cc(/C=C2\SC(=S)N(CC)C2=O)ccc1Oc1ccc(C(F)(F)F)cc1[N+](=O)[O-]. The van der Waals surface area contributed by atoms with E-state index in [2.05, 4.69) is 0 Å². The molecular weight excluding hydrogens is 481 g/mol. The predicted molar refractivity (Wildman–Crippen MR) is 121 cm³/mol. The molecule has 0 atom stereocenters. The molecule has 0 spiro atoms. The molecule has 1 fully saturated rings. The van der Waals surface area contributed by atoms with Gasteiger partial charge in [0.2, 0.25) is 5.75 Å². The number of hydrogen-bond acceptors (Lipinski definition) is 7. The second-order valence-electron chi connectivity index (χ2n) is 6.60. The van der Waals surface area contributed by atoms with E-state index in [-0.39, 0.29) is 29.8 Å². The second-order valence-corrected chi connectivity index (χ2v) is 8.28. The molecule has 0 saturated carbocycles. The van der Waals surface area contributed by atoms with E-state index >= 15 is 0 Å². The zero-order valence-electron chi connectivity index (χ0n) is 17.3. The van der Waals surface area contributed by atoms with Crippen LogP contribution in [0.2, 0.25) is 0 Å². The molecule has 2 aromatic rings. The first kappa shape index (κ1) is 24.5. The first-order chi connectivity index (χ1) is 15.5. The fourth-order valence-corrected chi connectivity index (χ4v) is 4.32. The minimum atomic E-state index is -4.74. The quantitative estimate of drug-likeness (QED) is 0.200. The van der Waals surface area contributed by atoms with Crippen LogP contribution < -0.4 is 9.47 Å². The van der Waals surface area contributed by atoms with E-state index in [0.29, 0.717) is 33.5 Å². The largest absolute Gasteiger partial charge is 0.490 e. The molecule has 3 rings (SSSR count). The third kappa shape index (κ3) is 5.45. The van der Waals surface area contributed by atoms with Crippen LogP contribution in [-0.2, 0) is 11.0 Å². The molecule has 1 aliphatic rings. The second kappa shape index (κ2) is 9.79. The number of ether oxygens (including phenoxy) is 2. The van der Waals surface area contributed by atoms with E-state index in [1.54, 1.807) is 25.1 Å². The van der Waals surface area contributed by atoms with Crippen LogP contribution in [0.4, 0.5) is 18.9 Å². The van der Waals surface area contributed by atoms with Crippen LogP contribution in [0, 0.1) is 10.1 Å². The van der Waals surface area contributed by atoms with Crippen LogP contribution in [0.25, 0.3) is 6.08 Å². The number of carbonyl (C=O) groups is 1. The van der Waals surface area contributed by atoms with Gasteiger partial charge < -0.3 is 9.47 Å². The van der Waals surface area contributed by atoms with Crippen molar-refractivity contribution in [2.45, 2.75) is 20.0 Å². The summed E-state index contributed by atoms with van der Waals surface area (Å²) < 4.78 is 50.4. The maximum atomic E-state index is 12.9. The zero-order chi connectivity index (χ0) is 24.3. The Labute approximate surface area is 196 Å². The number of thioether (sulfide) groups is 1. The van der Waals surface area contributed by atoms with Gasteiger partial charge in [-0.05, 0) is 49.8 Å². The number of benzene rings is 2. The van der Waals surface area contributed by atoms with E-state index in [0.717, 1.165) is 6.07 Å². The molecule has 1 saturated heterocycles. The van der Waals surface area contributed by atoms with Crippen molar-refractivity contribution < 1.29 is 32.4 Å². The number of carbonyl (C=O) groups excluding carboxylic acids is 1. The lowest BCUT2D eigenvalue weighted by Crippen LogP contribution is -2.27. The monoisotopic (exact) mass is 498 g/mol. The topological polar surface area (TPSA) is 81.9 Å². The number of thiocarbonyl (C=S) groups is 1. The molecule has 0 bridgehead atoms. The first-order valence-corrected chi connectivity index (χ1v) is 10.8. The molecule has 33 heavy (non-hydrogen) atoms. The number of nitro groups is 1. The maximum absolute atomic E-state index is 12.9. The summed E-state index contributed by atoms with van der Waals surface area (Å²) in [5, 5.41) is 11.3. The third-order valence-corrected chi connectivity index (χ3v) is 5.84. The smallest absolute Gasteiger partial charge is 0.416 e. The average Bonchev–Trinajstić information content (AvgIpc) is 3.01. The molecule has 0 unspecified atom stereocenters. The van der Waals surface area contributed by atoms with Gasteiger partial charge in [-0.1, -0.05) is 30.0 Å². The number of halogens is 3. The minimum Gasteiger partial charge on any atom is -0.490 e. The number of hydrogen-bond donors (Lipinski definition) is 0. The summed E-state index contributed by atoms with van der Waals surface area (Å²) in [6.45, 7) is 4.20. The summed E-state index contributed by atoms with van der Waals surface area (Å²) in [5.41, 5.74) is -1.41. The number of nitro benzene ring substituents is 1. The molecule has 0 N–H and O–H groups in total. The molecule has 7 nitrogen and oxygen atoms in total. The molecule has 0 radical (unpaired) electrons. The summed E-state index contributed by atoms with van der Waals surface area (Å²) in [5.74, 6) is -0.318. The third-order valence-electron chi connectivity index (χ3n) is 4.46. The van der Waals surface area contributed by atoms with Crippen LogP contribution >= 0.6 is 24.0 Å². The lowest BCUT2D eigenvalue weighted by Gasteiger charge is -2.14.